The van der Waals surface area contributed by atoms with Gasteiger partial charge in [-0.15, -0.1) is 11.3 Å². The van der Waals surface area contributed by atoms with Gasteiger partial charge in [-0.05, 0) is 37.1 Å². The second-order valence-electron chi connectivity index (χ2n) is 4.73. The number of methoxy groups -OCH3 is 1. The third kappa shape index (κ3) is 2.95. The zero-order valence-corrected chi connectivity index (χ0v) is 12.5. The van der Waals surface area contributed by atoms with Crippen LogP contribution in [-0.2, 0) is 0 Å². The normalized spacial score (nSPS) is 13.9. The molecule has 0 aliphatic heterocycles. The number of hydrogen-bond donors (Lipinski definition) is 0. The molecule has 3 nitrogen and oxygen atoms in total. The molecule has 2 aromatic rings. The van der Waals surface area contributed by atoms with Gasteiger partial charge in [0.15, 0.2) is 0 Å². The first-order chi connectivity index (χ1) is 10.3. The number of aromatic nitrogens is 1. The number of benzene rings is 1. The maximum atomic E-state index is 12.4. The van der Waals surface area contributed by atoms with E-state index in [1.165, 1.54) is 11.3 Å². The highest BCUT2D eigenvalue weighted by atomic mass is 32.1. The summed E-state index contributed by atoms with van der Waals surface area (Å²) >= 11 is 1.51. The number of carbonyl (C=O) groups excluding carboxylic acids is 1. The Kier molecular flexibility index (Phi) is 3.97. The first-order valence-corrected chi connectivity index (χ1v) is 7.67. The molecule has 0 saturated carbocycles. The Labute approximate surface area is 127 Å². The predicted octanol–water partition coefficient (Wildman–Crippen LogP) is 4.12. The van der Waals surface area contributed by atoms with Crippen LogP contribution in [0.1, 0.15) is 33.9 Å². The number of thiazole rings is 1. The fourth-order valence-corrected chi connectivity index (χ4v) is 2.99. The summed E-state index contributed by atoms with van der Waals surface area (Å²) in [5.41, 5.74) is 2.24. The molecule has 0 bridgehead atoms. The predicted molar refractivity (Wildman–Crippen MR) is 84.9 cm³/mol. The first-order valence-electron chi connectivity index (χ1n) is 6.79. The van der Waals surface area contributed by atoms with Gasteiger partial charge >= 0.3 is 0 Å². The quantitative estimate of drug-likeness (QED) is 0.797. The third-order valence-electron chi connectivity index (χ3n) is 3.33. The van der Waals surface area contributed by atoms with Crippen molar-refractivity contribution in [3.05, 3.63) is 64.1 Å². The van der Waals surface area contributed by atoms with Crippen LogP contribution >= 0.6 is 11.3 Å². The molecule has 0 fully saturated rings. The second kappa shape index (κ2) is 6.06. The van der Waals surface area contributed by atoms with Crippen LogP contribution in [0.5, 0.6) is 5.75 Å². The molecule has 0 spiro atoms. The molecule has 1 aliphatic rings. The average molecular weight is 297 g/mol. The smallest absolute Gasteiger partial charge is 0.212 e. The lowest BCUT2D eigenvalue weighted by molar-refractivity contribution is 0.103. The van der Waals surface area contributed by atoms with Gasteiger partial charge in [-0.1, -0.05) is 18.2 Å². The van der Waals surface area contributed by atoms with E-state index in [9.17, 15) is 4.79 Å². The lowest BCUT2D eigenvalue weighted by Gasteiger charge is -2.03. The number of ketones is 1. The largest absolute Gasteiger partial charge is 0.497 e. The minimum atomic E-state index is -0.0551. The van der Waals surface area contributed by atoms with E-state index in [0.29, 0.717) is 11.3 Å². The molecular formula is C17H15NO2S. The average Bonchev–Trinajstić information content (AvgIpc) is 3.05. The van der Waals surface area contributed by atoms with E-state index in [4.69, 9.17) is 4.74 Å². The molecule has 0 atom stereocenters. The Hall–Kier alpha value is -2.20. The number of carbonyl (C=O) groups is 1. The highest BCUT2D eigenvalue weighted by Crippen LogP contribution is 2.25. The maximum absolute atomic E-state index is 12.4. The number of nitrogens with zero attached hydrogens (tertiary/aromatic N) is 1. The molecule has 4 heteroatoms. The lowest BCUT2D eigenvalue weighted by atomic mass is 10.1. The number of allylic oxidation sites excluding steroid dienone is 4. The molecule has 3 rings (SSSR count). The van der Waals surface area contributed by atoms with Crippen LogP contribution < -0.4 is 4.74 Å². The molecule has 1 aromatic heterocycles. The molecule has 0 saturated heterocycles. The van der Waals surface area contributed by atoms with Crippen LogP contribution in [0.2, 0.25) is 0 Å². The molecular weight excluding hydrogens is 282 g/mol. The Morgan fingerprint density at radius 2 is 2.05 bits per heavy atom. The molecule has 1 heterocycles. The summed E-state index contributed by atoms with van der Waals surface area (Å²) < 4.78 is 5.10. The molecule has 0 N–H and O–H groups in total. The van der Waals surface area contributed by atoms with Gasteiger partial charge in [0.25, 0.3) is 0 Å². The van der Waals surface area contributed by atoms with Crippen LogP contribution in [0.3, 0.4) is 0 Å². The van der Waals surface area contributed by atoms with Crippen molar-refractivity contribution < 1.29 is 9.53 Å². The van der Waals surface area contributed by atoms with Crippen molar-refractivity contribution in [2.24, 2.45) is 0 Å². The van der Waals surface area contributed by atoms with E-state index < -0.39 is 0 Å². The summed E-state index contributed by atoms with van der Waals surface area (Å²) in [7, 11) is 1.61. The maximum Gasteiger partial charge on any atom is 0.212 e. The van der Waals surface area contributed by atoms with Crippen molar-refractivity contribution in [1.82, 2.24) is 4.98 Å². The lowest BCUT2D eigenvalue weighted by Crippen LogP contribution is -2.02. The fraction of sp³-hybridized carbons (Fsp3) is 0.176. The zero-order chi connectivity index (χ0) is 14.7. The molecule has 106 valence electrons. The van der Waals surface area contributed by atoms with Crippen LogP contribution in [0.4, 0.5) is 0 Å². The van der Waals surface area contributed by atoms with Crippen LogP contribution in [0.15, 0.2) is 47.9 Å². The monoisotopic (exact) mass is 297 g/mol. The summed E-state index contributed by atoms with van der Waals surface area (Å²) in [4.78, 5) is 16.9. The highest BCUT2D eigenvalue weighted by Gasteiger charge is 2.14. The van der Waals surface area contributed by atoms with E-state index >= 15 is 0 Å². The minimum Gasteiger partial charge on any atom is -0.497 e. The van der Waals surface area contributed by atoms with E-state index in [1.807, 2.05) is 5.38 Å². The Bertz CT molecular complexity index is 711. The van der Waals surface area contributed by atoms with Crippen molar-refractivity contribution in [3.8, 4) is 5.75 Å². The van der Waals surface area contributed by atoms with Crippen LogP contribution in [-0.4, -0.2) is 17.9 Å². The van der Waals surface area contributed by atoms with Gasteiger partial charge in [0.2, 0.25) is 5.78 Å². The van der Waals surface area contributed by atoms with E-state index in [0.717, 1.165) is 29.2 Å². The summed E-state index contributed by atoms with van der Waals surface area (Å²) in [5, 5.41) is 2.73. The topological polar surface area (TPSA) is 39.2 Å². The molecule has 0 amide bonds. The Morgan fingerprint density at radius 1 is 1.24 bits per heavy atom. The van der Waals surface area contributed by atoms with Crippen molar-refractivity contribution in [3.63, 3.8) is 0 Å². The van der Waals surface area contributed by atoms with Crippen LogP contribution in [0, 0.1) is 0 Å². The number of rotatable bonds is 4. The second-order valence-corrected chi connectivity index (χ2v) is 5.59. The molecule has 1 aromatic carbocycles. The molecule has 21 heavy (non-hydrogen) atoms. The van der Waals surface area contributed by atoms with Crippen LogP contribution in [0.25, 0.3) is 5.57 Å². The molecule has 0 unspecified atom stereocenters. The van der Waals surface area contributed by atoms with Gasteiger partial charge in [0, 0.05) is 16.5 Å². The van der Waals surface area contributed by atoms with Gasteiger partial charge in [-0.3, -0.25) is 4.79 Å². The summed E-state index contributed by atoms with van der Waals surface area (Å²) in [6, 6.07) is 7.10. The van der Waals surface area contributed by atoms with E-state index in [1.54, 1.807) is 31.4 Å². The van der Waals surface area contributed by atoms with Gasteiger partial charge in [-0.25, -0.2) is 4.98 Å². The van der Waals surface area contributed by atoms with Gasteiger partial charge in [0.1, 0.15) is 16.5 Å². The number of ether oxygens (including phenoxy) is 1. The number of hydrogen-bond acceptors (Lipinski definition) is 4. The van der Waals surface area contributed by atoms with Gasteiger partial charge in [-0.2, -0.15) is 0 Å². The van der Waals surface area contributed by atoms with Gasteiger partial charge < -0.3 is 4.74 Å². The fourth-order valence-electron chi connectivity index (χ4n) is 2.17. The van der Waals surface area contributed by atoms with Crippen molar-refractivity contribution in [2.45, 2.75) is 12.8 Å². The van der Waals surface area contributed by atoms with E-state index in [-0.39, 0.29) is 5.78 Å². The summed E-state index contributed by atoms with van der Waals surface area (Å²) in [6.07, 6.45) is 8.49. The standard InChI is InChI=1S/C17H15NO2S/c1-20-14-9-7-12(8-10-14)16(19)15-11-21-17(18-15)13-5-3-2-4-6-13/h3,5-11H,2,4H2,1H3. The molecule has 0 radical (unpaired) electrons. The zero-order valence-electron chi connectivity index (χ0n) is 11.7. The minimum absolute atomic E-state index is 0.0551. The highest BCUT2D eigenvalue weighted by molar-refractivity contribution is 7.11. The van der Waals surface area contributed by atoms with Crippen molar-refractivity contribution in [2.75, 3.05) is 7.11 Å². The SMILES string of the molecule is COc1ccc(C(=O)c2csc(C3=CCCC=C3)n2)cc1. The Morgan fingerprint density at radius 3 is 2.71 bits per heavy atom. The van der Waals surface area contributed by atoms with Crippen molar-refractivity contribution >= 4 is 22.7 Å². The van der Waals surface area contributed by atoms with E-state index in [2.05, 4.69) is 23.2 Å². The summed E-state index contributed by atoms with van der Waals surface area (Å²) in [6.45, 7) is 0. The first kappa shape index (κ1) is 13.8. The molecule has 1 aliphatic carbocycles. The Balaban J connectivity index is 1.83. The van der Waals surface area contributed by atoms with Crippen molar-refractivity contribution in [1.29, 1.82) is 0 Å². The van der Waals surface area contributed by atoms with Gasteiger partial charge in [0.05, 0.1) is 7.11 Å². The summed E-state index contributed by atoms with van der Waals surface area (Å²) in [5.74, 6) is 0.684. The third-order valence-corrected chi connectivity index (χ3v) is 4.22.